The Kier molecular flexibility index (Phi) is 4.35. The van der Waals surface area contributed by atoms with E-state index in [4.69, 9.17) is 4.74 Å². The van der Waals surface area contributed by atoms with E-state index in [0.29, 0.717) is 6.04 Å². The van der Waals surface area contributed by atoms with Gasteiger partial charge < -0.3 is 10.1 Å². The van der Waals surface area contributed by atoms with E-state index in [9.17, 15) is 0 Å². The molecular weight excluding hydrogens is 228 g/mol. The quantitative estimate of drug-likeness (QED) is 0.889. The van der Waals surface area contributed by atoms with Crippen LogP contribution in [0.25, 0.3) is 0 Å². The fourth-order valence-electron chi connectivity index (χ4n) is 2.06. The van der Waals surface area contributed by atoms with Crippen LogP contribution in [-0.4, -0.2) is 34.2 Å². The van der Waals surface area contributed by atoms with E-state index in [0.717, 1.165) is 38.3 Å². The van der Waals surface area contributed by atoms with Crippen molar-refractivity contribution in [1.29, 1.82) is 0 Å². The van der Waals surface area contributed by atoms with Crippen LogP contribution in [0.15, 0.2) is 6.20 Å². The molecule has 1 fully saturated rings. The van der Waals surface area contributed by atoms with Crippen molar-refractivity contribution in [2.24, 2.45) is 0 Å². The van der Waals surface area contributed by atoms with Crippen LogP contribution in [0.3, 0.4) is 0 Å². The predicted molar refractivity (Wildman–Crippen MR) is 70.3 cm³/mol. The summed E-state index contributed by atoms with van der Waals surface area (Å²) >= 11 is 0. The van der Waals surface area contributed by atoms with E-state index < -0.39 is 0 Å². The summed E-state index contributed by atoms with van der Waals surface area (Å²) in [6.45, 7) is 8.94. The highest BCUT2D eigenvalue weighted by Gasteiger charge is 2.16. The first-order valence-electron chi connectivity index (χ1n) is 6.78. The zero-order chi connectivity index (χ0) is 13.0. The molecule has 0 spiro atoms. The van der Waals surface area contributed by atoms with Crippen LogP contribution >= 0.6 is 0 Å². The third-order valence-electron chi connectivity index (χ3n) is 3.25. The summed E-state index contributed by atoms with van der Waals surface area (Å²) in [5.74, 6) is 0. The van der Waals surface area contributed by atoms with Crippen LogP contribution < -0.4 is 5.32 Å². The number of hydrogen-bond donors (Lipinski definition) is 1. The molecule has 0 aliphatic carbocycles. The van der Waals surface area contributed by atoms with Crippen LogP contribution in [0.5, 0.6) is 0 Å². The second-order valence-electron chi connectivity index (χ2n) is 5.95. The van der Waals surface area contributed by atoms with Gasteiger partial charge >= 0.3 is 0 Å². The summed E-state index contributed by atoms with van der Waals surface area (Å²) in [6, 6.07) is 0.548. The van der Waals surface area contributed by atoms with E-state index in [1.54, 1.807) is 0 Å². The van der Waals surface area contributed by atoms with Crippen LogP contribution in [0.2, 0.25) is 0 Å². The molecule has 2 rings (SSSR count). The van der Waals surface area contributed by atoms with Gasteiger partial charge in [0.2, 0.25) is 0 Å². The molecule has 1 aliphatic heterocycles. The molecule has 2 heterocycles. The molecule has 0 unspecified atom stereocenters. The van der Waals surface area contributed by atoms with Gasteiger partial charge in [-0.3, -0.25) is 0 Å². The minimum absolute atomic E-state index is 0.00140. The van der Waals surface area contributed by atoms with E-state index in [2.05, 4.69) is 36.4 Å². The van der Waals surface area contributed by atoms with Crippen LogP contribution in [0.4, 0.5) is 0 Å². The molecular formula is C13H24N4O. The molecule has 0 amide bonds. The van der Waals surface area contributed by atoms with Gasteiger partial charge in [-0.2, -0.15) is 0 Å². The molecule has 5 nitrogen and oxygen atoms in total. The third kappa shape index (κ3) is 3.78. The average Bonchev–Trinajstić information content (AvgIpc) is 2.64. The van der Waals surface area contributed by atoms with Crippen molar-refractivity contribution < 1.29 is 4.74 Å². The smallest absolute Gasteiger partial charge is 0.0965 e. The first kappa shape index (κ1) is 13.5. The maximum absolute atomic E-state index is 5.45. The molecule has 0 aromatic carbocycles. The Morgan fingerprint density at radius 2 is 2.22 bits per heavy atom. The number of ether oxygens (including phenoxy) is 1. The fraction of sp³-hybridized carbons (Fsp3) is 0.846. The van der Waals surface area contributed by atoms with Gasteiger partial charge in [-0.15, -0.1) is 5.10 Å². The summed E-state index contributed by atoms with van der Waals surface area (Å²) in [5.41, 5.74) is 1.01. The first-order chi connectivity index (χ1) is 8.55. The van der Waals surface area contributed by atoms with Gasteiger partial charge in [0.1, 0.15) is 0 Å². The summed E-state index contributed by atoms with van der Waals surface area (Å²) < 4.78 is 7.37. The molecule has 1 N–H and O–H groups in total. The SMILES string of the molecule is CC(C)(C)n1cc(CN[C@@H]2CCCOCC2)nn1. The lowest BCUT2D eigenvalue weighted by atomic mass is 10.1. The van der Waals surface area contributed by atoms with Crippen molar-refractivity contribution in [3.63, 3.8) is 0 Å². The molecule has 1 aliphatic rings. The molecule has 1 saturated heterocycles. The fourth-order valence-corrected chi connectivity index (χ4v) is 2.06. The number of rotatable bonds is 3. The molecule has 18 heavy (non-hydrogen) atoms. The lowest BCUT2D eigenvalue weighted by molar-refractivity contribution is 0.142. The van der Waals surface area contributed by atoms with Gasteiger partial charge in [-0.05, 0) is 40.0 Å². The molecule has 0 radical (unpaired) electrons. The number of hydrogen-bond acceptors (Lipinski definition) is 4. The van der Waals surface area contributed by atoms with Crippen LogP contribution in [0, 0.1) is 0 Å². The van der Waals surface area contributed by atoms with E-state index >= 15 is 0 Å². The Morgan fingerprint density at radius 3 is 2.94 bits per heavy atom. The monoisotopic (exact) mass is 252 g/mol. The Balaban J connectivity index is 1.84. The molecule has 102 valence electrons. The highest BCUT2D eigenvalue weighted by Crippen LogP contribution is 2.12. The second kappa shape index (κ2) is 5.80. The van der Waals surface area contributed by atoms with Crippen LogP contribution in [0.1, 0.15) is 45.7 Å². The Labute approximate surface area is 109 Å². The van der Waals surface area contributed by atoms with Gasteiger partial charge in [0, 0.05) is 25.8 Å². The maximum atomic E-state index is 5.45. The van der Waals surface area contributed by atoms with Gasteiger partial charge in [-0.25, -0.2) is 4.68 Å². The Bertz CT molecular complexity index is 361. The molecule has 0 saturated carbocycles. The molecule has 0 bridgehead atoms. The van der Waals surface area contributed by atoms with Gasteiger partial charge in [0.25, 0.3) is 0 Å². The van der Waals surface area contributed by atoms with Crippen molar-refractivity contribution in [3.8, 4) is 0 Å². The molecule has 1 atom stereocenters. The third-order valence-corrected chi connectivity index (χ3v) is 3.25. The first-order valence-corrected chi connectivity index (χ1v) is 6.78. The van der Waals surface area contributed by atoms with Gasteiger partial charge in [0.15, 0.2) is 0 Å². The molecule has 1 aromatic heterocycles. The predicted octanol–water partition coefficient (Wildman–Crippen LogP) is 1.69. The van der Waals surface area contributed by atoms with Gasteiger partial charge in [0.05, 0.1) is 17.4 Å². The maximum Gasteiger partial charge on any atom is 0.0965 e. The normalized spacial score (nSPS) is 21.8. The highest BCUT2D eigenvalue weighted by atomic mass is 16.5. The topological polar surface area (TPSA) is 52.0 Å². The average molecular weight is 252 g/mol. The zero-order valence-corrected chi connectivity index (χ0v) is 11.6. The second-order valence-corrected chi connectivity index (χ2v) is 5.95. The summed E-state index contributed by atoms with van der Waals surface area (Å²) in [7, 11) is 0. The van der Waals surface area contributed by atoms with Crippen molar-refractivity contribution in [3.05, 3.63) is 11.9 Å². The number of aromatic nitrogens is 3. The number of nitrogens with zero attached hydrogens (tertiary/aromatic N) is 3. The highest BCUT2D eigenvalue weighted by molar-refractivity contribution is 4.94. The van der Waals surface area contributed by atoms with Crippen molar-refractivity contribution >= 4 is 0 Å². The summed E-state index contributed by atoms with van der Waals surface area (Å²) in [5, 5.41) is 11.9. The molecule has 1 aromatic rings. The Morgan fingerprint density at radius 1 is 1.39 bits per heavy atom. The van der Waals surface area contributed by atoms with E-state index in [1.807, 2.05) is 10.9 Å². The minimum atomic E-state index is 0.00140. The van der Waals surface area contributed by atoms with E-state index in [1.165, 1.54) is 6.42 Å². The van der Waals surface area contributed by atoms with Crippen molar-refractivity contribution in [2.45, 2.75) is 58.2 Å². The Hall–Kier alpha value is -0.940. The number of nitrogens with one attached hydrogen (secondary N) is 1. The van der Waals surface area contributed by atoms with Crippen molar-refractivity contribution in [2.75, 3.05) is 13.2 Å². The largest absolute Gasteiger partial charge is 0.381 e. The lowest BCUT2D eigenvalue weighted by Gasteiger charge is -2.17. The summed E-state index contributed by atoms with van der Waals surface area (Å²) in [6.07, 6.45) is 5.45. The zero-order valence-electron chi connectivity index (χ0n) is 11.6. The van der Waals surface area contributed by atoms with Crippen LogP contribution in [-0.2, 0) is 16.8 Å². The van der Waals surface area contributed by atoms with E-state index in [-0.39, 0.29) is 5.54 Å². The summed E-state index contributed by atoms with van der Waals surface area (Å²) in [4.78, 5) is 0. The lowest BCUT2D eigenvalue weighted by Crippen LogP contribution is -2.29. The standard InChI is InChI=1S/C13H24N4O/c1-13(2,3)17-10-12(15-16-17)9-14-11-5-4-7-18-8-6-11/h10-11,14H,4-9H2,1-3H3/t11-/m1/s1. The van der Waals surface area contributed by atoms with Crippen molar-refractivity contribution in [1.82, 2.24) is 20.3 Å². The minimum Gasteiger partial charge on any atom is -0.381 e. The molecule has 5 heteroatoms. The van der Waals surface area contributed by atoms with Gasteiger partial charge in [-0.1, -0.05) is 5.21 Å².